The summed E-state index contributed by atoms with van der Waals surface area (Å²) in [6.07, 6.45) is 0. The van der Waals surface area contributed by atoms with Crippen LogP contribution < -0.4 is 4.90 Å². The van der Waals surface area contributed by atoms with Crippen LogP contribution in [0, 0.1) is 5.82 Å². The quantitative estimate of drug-likeness (QED) is 0.822. The van der Waals surface area contributed by atoms with E-state index in [-0.39, 0.29) is 11.7 Å². The van der Waals surface area contributed by atoms with Crippen LogP contribution in [0.15, 0.2) is 40.2 Å². The van der Waals surface area contributed by atoms with Gasteiger partial charge in [0.05, 0.1) is 0 Å². The van der Waals surface area contributed by atoms with E-state index in [1.807, 2.05) is 11.4 Å². The van der Waals surface area contributed by atoms with Crippen molar-refractivity contribution in [2.45, 2.75) is 0 Å². The highest BCUT2D eigenvalue weighted by Crippen LogP contribution is 2.25. The third kappa shape index (κ3) is 2.56. The van der Waals surface area contributed by atoms with Crippen molar-refractivity contribution in [3.05, 3.63) is 50.9 Å². The van der Waals surface area contributed by atoms with Gasteiger partial charge in [0.1, 0.15) is 10.7 Å². The molecule has 88 valence electrons. The molecule has 0 N–H and O–H groups in total. The molecule has 0 atom stereocenters. The molecule has 0 aliphatic rings. The van der Waals surface area contributed by atoms with E-state index in [9.17, 15) is 9.18 Å². The standard InChI is InChI=1S/C12H9BrFNOS/c1-15(9-4-2-8(14)3-5-9)12(16)11-10(13)6-7-17-11/h2-7H,1H3. The van der Waals surface area contributed by atoms with Crippen molar-refractivity contribution in [2.75, 3.05) is 11.9 Å². The van der Waals surface area contributed by atoms with Gasteiger partial charge in [0.25, 0.3) is 5.91 Å². The van der Waals surface area contributed by atoms with E-state index >= 15 is 0 Å². The Morgan fingerprint density at radius 1 is 1.29 bits per heavy atom. The molecule has 5 heteroatoms. The Bertz CT molecular complexity index is 538. The summed E-state index contributed by atoms with van der Waals surface area (Å²) in [6, 6.07) is 7.66. The fraction of sp³-hybridized carbons (Fsp3) is 0.0833. The smallest absolute Gasteiger partial charge is 0.269 e. The van der Waals surface area contributed by atoms with Crippen LogP contribution >= 0.6 is 27.3 Å². The van der Waals surface area contributed by atoms with Gasteiger partial charge in [0.2, 0.25) is 0 Å². The number of amides is 1. The van der Waals surface area contributed by atoms with E-state index in [2.05, 4.69) is 15.9 Å². The Labute approximate surface area is 111 Å². The Kier molecular flexibility index (Phi) is 3.59. The first-order chi connectivity index (χ1) is 8.09. The lowest BCUT2D eigenvalue weighted by Crippen LogP contribution is -2.25. The molecule has 1 aromatic heterocycles. The van der Waals surface area contributed by atoms with Crippen LogP contribution in [-0.4, -0.2) is 13.0 Å². The minimum atomic E-state index is -0.313. The summed E-state index contributed by atoms with van der Waals surface area (Å²) in [5.41, 5.74) is 0.664. The first-order valence-corrected chi connectivity index (χ1v) is 6.53. The minimum Gasteiger partial charge on any atom is -0.311 e. The van der Waals surface area contributed by atoms with Crippen LogP contribution in [0.1, 0.15) is 9.67 Å². The number of benzene rings is 1. The zero-order valence-corrected chi connectivity index (χ0v) is 11.4. The lowest BCUT2D eigenvalue weighted by Gasteiger charge is -2.16. The molecular formula is C12H9BrFNOS. The van der Waals surface area contributed by atoms with Gasteiger partial charge in [-0.15, -0.1) is 11.3 Å². The summed E-state index contributed by atoms with van der Waals surface area (Å²) in [7, 11) is 1.67. The molecule has 0 saturated carbocycles. The molecule has 1 heterocycles. The predicted molar refractivity (Wildman–Crippen MR) is 71.2 cm³/mol. The van der Waals surface area contributed by atoms with Gasteiger partial charge < -0.3 is 4.90 Å². The highest BCUT2D eigenvalue weighted by Gasteiger charge is 2.17. The normalized spacial score (nSPS) is 10.3. The minimum absolute atomic E-state index is 0.113. The molecule has 0 aliphatic carbocycles. The van der Waals surface area contributed by atoms with Crippen LogP contribution in [0.5, 0.6) is 0 Å². The first-order valence-electron chi connectivity index (χ1n) is 4.86. The van der Waals surface area contributed by atoms with Gasteiger partial charge in [-0.1, -0.05) is 0 Å². The SMILES string of the molecule is CN(C(=O)c1sccc1Br)c1ccc(F)cc1. The number of carbonyl (C=O) groups excluding carboxylic acids is 1. The summed E-state index contributed by atoms with van der Waals surface area (Å²) < 4.78 is 13.6. The van der Waals surface area contributed by atoms with E-state index in [1.54, 1.807) is 19.2 Å². The third-order valence-corrected chi connectivity index (χ3v) is 4.16. The van der Waals surface area contributed by atoms with E-state index < -0.39 is 0 Å². The zero-order chi connectivity index (χ0) is 12.4. The Balaban J connectivity index is 2.26. The van der Waals surface area contributed by atoms with Crippen molar-refractivity contribution in [3.8, 4) is 0 Å². The van der Waals surface area contributed by atoms with E-state index in [1.165, 1.54) is 28.4 Å². The third-order valence-electron chi connectivity index (χ3n) is 2.33. The van der Waals surface area contributed by atoms with Crippen LogP contribution in [0.2, 0.25) is 0 Å². The van der Waals surface area contributed by atoms with Crippen LogP contribution in [0.25, 0.3) is 0 Å². The molecule has 0 unspecified atom stereocenters. The molecule has 2 nitrogen and oxygen atoms in total. The van der Waals surface area contributed by atoms with Crippen molar-refractivity contribution >= 4 is 38.9 Å². The van der Waals surface area contributed by atoms with Gasteiger partial charge in [-0.2, -0.15) is 0 Å². The van der Waals surface area contributed by atoms with E-state index in [4.69, 9.17) is 0 Å². The van der Waals surface area contributed by atoms with Crippen molar-refractivity contribution in [2.24, 2.45) is 0 Å². The number of hydrogen-bond acceptors (Lipinski definition) is 2. The lowest BCUT2D eigenvalue weighted by atomic mass is 10.3. The molecule has 0 spiro atoms. The predicted octanol–water partition coefficient (Wildman–Crippen LogP) is 3.93. The second-order valence-electron chi connectivity index (χ2n) is 3.44. The average Bonchev–Trinajstić information content (AvgIpc) is 2.74. The van der Waals surface area contributed by atoms with Crippen molar-refractivity contribution < 1.29 is 9.18 Å². The monoisotopic (exact) mass is 313 g/mol. The second-order valence-corrected chi connectivity index (χ2v) is 5.21. The second kappa shape index (κ2) is 4.98. The average molecular weight is 314 g/mol. The number of hydrogen-bond donors (Lipinski definition) is 0. The van der Waals surface area contributed by atoms with Crippen LogP contribution in [-0.2, 0) is 0 Å². The number of carbonyl (C=O) groups is 1. The summed E-state index contributed by atoms with van der Waals surface area (Å²) >= 11 is 4.69. The Morgan fingerprint density at radius 2 is 1.94 bits per heavy atom. The molecule has 2 rings (SSSR count). The first kappa shape index (κ1) is 12.3. The van der Waals surface area contributed by atoms with Gasteiger partial charge in [-0.3, -0.25) is 4.79 Å². The van der Waals surface area contributed by atoms with Crippen molar-refractivity contribution in [1.29, 1.82) is 0 Å². The maximum atomic E-state index is 12.8. The Morgan fingerprint density at radius 3 is 2.47 bits per heavy atom. The Hall–Kier alpha value is -1.20. The van der Waals surface area contributed by atoms with Gasteiger partial charge in [-0.05, 0) is 51.6 Å². The van der Waals surface area contributed by atoms with E-state index in [0.717, 1.165) is 4.47 Å². The number of thiophene rings is 1. The molecule has 0 radical (unpaired) electrons. The summed E-state index contributed by atoms with van der Waals surface area (Å²) in [4.78, 5) is 14.3. The van der Waals surface area contributed by atoms with Crippen LogP contribution in [0.3, 0.4) is 0 Å². The van der Waals surface area contributed by atoms with Crippen molar-refractivity contribution in [3.63, 3.8) is 0 Å². The number of anilines is 1. The fourth-order valence-corrected chi connectivity index (χ4v) is 2.90. The van der Waals surface area contributed by atoms with Gasteiger partial charge in [-0.25, -0.2) is 4.39 Å². The lowest BCUT2D eigenvalue weighted by molar-refractivity contribution is 0.0996. The highest BCUT2D eigenvalue weighted by molar-refractivity contribution is 9.10. The summed E-state index contributed by atoms with van der Waals surface area (Å²) in [5.74, 6) is -0.426. The fourth-order valence-electron chi connectivity index (χ4n) is 1.38. The molecule has 0 saturated heterocycles. The van der Waals surface area contributed by atoms with Crippen LogP contribution in [0.4, 0.5) is 10.1 Å². The number of halogens is 2. The van der Waals surface area contributed by atoms with Gasteiger partial charge in [0, 0.05) is 17.2 Å². The largest absolute Gasteiger partial charge is 0.311 e. The molecular weight excluding hydrogens is 305 g/mol. The number of rotatable bonds is 2. The molecule has 0 fully saturated rings. The number of nitrogens with zero attached hydrogens (tertiary/aromatic N) is 1. The maximum absolute atomic E-state index is 12.8. The van der Waals surface area contributed by atoms with Gasteiger partial charge in [0.15, 0.2) is 0 Å². The van der Waals surface area contributed by atoms with Gasteiger partial charge >= 0.3 is 0 Å². The molecule has 2 aromatic rings. The van der Waals surface area contributed by atoms with E-state index in [0.29, 0.717) is 10.6 Å². The maximum Gasteiger partial charge on any atom is 0.269 e. The zero-order valence-electron chi connectivity index (χ0n) is 8.98. The summed E-state index contributed by atoms with van der Waals surface area (Å²) in [6.45, 7) is 0. The molecule has 1 aromatic carbocycles. The van der Waals surface area contributed by atoms with Crippen molar-refractivity contribution in [1.82, 2.24) is 0 Å². The molecule has 0 aliphatic heterocycles. The topological polar surface area (TPSA) is 20.3 Å². The molecule has 17 heavy (non-hydrogen) atoms. The molecule has 0 bridgehead atoms. The highest BCUT2D eigenvalue weighted by atomic mass is 79.9. The summed E-state index contributed by atoms with van der Waals surface area (Å²) in [5, 5.41) is 1.84. The molecule has 1 amide bonds.